The summed E-state index contributed by atoms with van der Waals surface area (Å²) in [5, 5.41) is 11.6. The first-order valence-corrected chi connectivity index (χ1v) is 9.44. The van der Waals surface area contributed by atoms with Gasteiger partial charge in [-0.2, -0.15) is 0 Å². The highest BCUT2D eigenvalue weighted by Crippen LogP contribution is 2.29. The van der Waals surface area contributed by atoms with E-state index in [1.54, 1.807) is 6.20 Å². The molecule has 26 heavy (non-hydrogen) atoms. The van der Waals surface area contributed by atoms with Crippen LogP contribution in [0, 0.1) is 13.8 Å². The maximum absolute atomic E-state index is 11.0. The van der Waals surface area contributed by atoms with Crippen molar-refractivity contribution in [3.63, 3.8) is 0 Å². The van der Waals surface area contributed by atoms with Crippen molar-refractivity contribution in [3.05, 3.63) is 52.6 Å². The van der Waals surface area contributed by atoms with Gasteiger partial charge in [0.15, 0.2) is 0 Å². The van der Waals surface area contributed by atoms with E-state index in [4.69, 9.17) is 16.3 Å². The third kappa shape index (κ3) is 5.16. The molecule has 0 radical (unpaired) electrons. The number of hydrogen-bond acceptors (Lipinski definition) is 5. The van der Waals surface area contributed by atoms with Gasteiger partial charge in [0.25, 0.3) is 0 Å². The van der Waals surface area contributed by atoms with Crippen molar-refractivity contribution in [1.82, 2.24) is 14.9 Å². The van der Waals surface area contributed by atoms with E-state index in [0.717, 1.165) is 49.6 Å². The Labute approximate surface area is 160 Å². The number of halogens is 1. The third-order valence-electron chi connectivity index (χ3n) is 4.81. The third-order valence-corrected chi connectivity index (χ3v) is 5.12. The molecule has 0 aliphatic carbocycles. The second-order valence-electron chi connectivity index (χ2n) is 7.17. The molecule has 1 N–H and O–H groups in total. The average Bonchev–Trinajstić information content (AvgIpc) is 2.78. The maximum Gasteiger partial charge on any atom is 0.138 e. The molecule has 2 aromatic rings. The fourth-order valence-corrected chi connectivity index (χ4v) is 3.46. The number of likely N-dealkylation sites (tertiary alicyclic amines) is 1. The highest BCUT2D eigenvalue weighted by molar-refractivity contribution is 6.32. The lowest BCUT2D eigenvalue weighted by atomic mass is 9.96. The molecule has 6 heteroatoms. The van der Waals surface area contributed by atoms with Crippen LogP contribution >= 0.6 is 11.6 Å². The molecule has 1 fully saturated rings. The molecule has 1 saturated heterocycles. The first-order chi connectivity index (χ1) is 12.4. The van der Waals surface area contributed by atoms with Gasteiger partial charge in [0.05, 0.1) is 16.3 Å². The number of aryl methyl sites for hydroxylation is 2. The lowest BCUT2D eigenvalue weighted by Gasteiger charge is -2.27. The van der Waals surface area contributed by atoms with Crippen LogP contribution in [0.3, 0.4) is 0 Å². The van der Waals surface area contributed by atoms with Crippen LogP contribution in [-0.2, 0) is 6.54 Å². The van der Waals surface area contributed by atoms with Gasteiger partial charge in [-0.1, -0.05) is 17.7 Å². The smallest absolute Gasteiger partial charge is 0.138 e. The summed E-state index contributed by atoms with van der Waals surface area (Å²) in [7, 11) is 0. The minimum absolute atomic E-state index is 0.261. The first-order valence-electron chi connectivity index (χ1n) is 9.06. The first kappa shape index (κ1) is 19.1. The summed E-state index contributed by atoms with van der Waals surface area (Å²) in [5.74, 6) is 1.43. The zero-order valence-corrected chi connectivity index (χ0v) is 16.2. The highest BCUT2D eigenvalue weighted by atomic mass is 35.5. The Morgan fingerprint density at radius 2 is 2.08 bits per heavy atom. The monoisotopic (exact) mass is 375 g/mol. The normalized spacial score (nSPS) is 21.4. The summed E-state index contributed by atoms with van der Waals surface area (Å²) in [5.41, 5.74) is 1.28. The molecule has 1 atom stereocenters. The number of aromatic nitrogens is 2. The lowest BCUT2D eigenvalue weighted by Crippen LogP contribution is -2.37. The number of ether oxygens (including phenoxy) is 1. The molecule has 1 aliphatic rings. The van der Waals surface area contributed by atoms with E-state index in [0.29, 0.717) is 17.2 Å². The highest BCUT2D eigenvalue weighted by Gasteiger charge is 2.31. The van der Waals surface area contributed by atoms with Crippen molar-refractivity contribution < 1.29 is 9.84 Å². The van der Waals surface area contributed by atoms with Crippen LogP contribution in [0.25, 0.3) is 0 Å². The summed E-state index contributed by atoms with van der Waals surface area (Å²) in [6.45, 7) is 6.69. The fourth-order valence-electron chi connectivity index (χ4n) is 3.29. The van der Waals surface area contributed by atoms with Crippen molar-refractivity contribution in [3.8, 4) is 5.75 Å². The van der Waals surface area contributed by atoms with Crippen LogP contribution in [0.15, 0.2) is 30.5 Å². The lowest BCUT2D eigenvalue weighted by molar-refractivity contribution is -0.0168. The molecule has 0 amide bonds. The van der Waals surface area contributed by atoms with Gasteiger partial charge in [-0.05, 0) is 63.4 Å². The van der Waals surface area contributed by atoms with Gasteiger partial charge in [0.2, 0.25) is 0 Å². The number of aliphatic hydroxyl groups is 1. The molecular formula is C20H26ClN3O2. The van der Waals surface area contributed by atoms with Gasteiger partial charge in [-0.3, -0.25) is 4.90 Å². The summed E-state index contributed by atoms with van der Waals surface area (Å²) in [6, 6.07) is 7.64. The Hall–Kier alpha value is -1.69. The molecule has 1 unspecified atom stereocenters. The quantitative estimate of drug-likeness (QED) is 0.866. The molecule has 5 nitrogen and oxygen atoms in total. The van der Waals surface area contributed by atoms with Crippen molar-refractivity contribution >= 4 is 11.6 Å². The van der Waals surface area contributed by atoms with Gasteiger partial charge in [0, 0.05) is 19.3 Å². The Morgan fingerprint density at radius 3 is 2.88 bits per heavy atom. The Balaban J connectivity index is 1.57. The van der Waals surface area contributed by atoms with Crippen LogP contribution in [0.4, 0.5) is 0 Å². The van der Waals surface area contributed by atoms with Crippen LogP contribution in [0.1, 0.15) is 36.3 Å². The van der Waals surface area contributed by atoms with E-state index in [9.17, 15) is 5.11 Å². The predicted octanol–water partition coefficient (Wildman–Crippen LogP) is 3.54. The van der Waals surface area contributed by atoms with Crippen LogP contribution in [0.5, 0.6) is 5.75 Å². The topological polar surface area (TPSA) is 58.5 Å². The molecule has 140 valence electrons. The van der Waals surface area contributed by atoms with Crippen molar-refractivity contribution in [2.24, 2.45) is 0 Å². The number of benzene rings is 1. The molecule has 1 aromatic heterocycles. The minimum Gasteiger partial charge on any atom is -0.489 e. The fraction of sp³-hybridized carbons (Fsp3) is 0.500. The van der Waals surface area contributed by atoms with Gasteiger partial charge >= 0.3 is 0 Å². The summed E-state index contributed by atoms with van der Waals surface area (Å²) in [6.07, 6.45) is 4.10. The van der Waals surface area contributed by atoms with E-state index >= 15 is 0 Å². The largest absolute Gasteiger partial charge is 0.489 e. The molecule has 1 aromatic carbocycles. The van der Waals surface area contributed by atoms with E-state index in [1.165, 1.54) is 0 Å². The van der Waals surface area contributed by atoms with E-state index < -0.39 is 5.60 Å². The summed E-state index contributed by atoms with van der Waals surface area (Å²) in [4.78, 5) is 11.0. The van der Waals surface area contributed by atoms with Crippen molar-refractivity contribution in [1.29, 1.82) is 0 Å². The molecular weight excluding hydrogens is 350 g/mol. The van der Waals surface area contributed by atoms with E-state index in [2.05, 4.69) is 14.9 Å². The Kier molecular flexibility index (Phi) is 6.12. The van der Waals surface area contributed by atoms with Crippen LogP contribution in [0.2, 0.25) is 5.02 Å². The molecule has 0 spiro atoms. The number of hydrogen-bond donors (Lipinski definition) is 1. The number of nitrogens with zero attached hydrogens (tertiary/aromatic N) is 3. The SMILES string of the molecule is Cc1ccc(Cl)c(OCC2(O)CCCN(Cc3ccnc(C)n3)CC2)c1. The predicted molar refractivity (Wildman–Crippen MR) is 103 cm³/mol. The average molecular weight is 376 g/mol. The summed E-state index contributed by atoms with van der Waals surface area (Å²) >= 11 is 6.19. The molecule has 0 saturated carbocycles. The standard InChI is InChI=1S/C20H26ClN3O2/c1-15-4-5-18(21)19(12-15)26-14-20(25)7-3-10-24(11-8-20)13-17-6-9-22-16(2)23-17/h4-6,9,12,25H,3,7-8,10-11,13-14H2,1-2H3. The van der Waals surface area contributed by atoms with E-state index in [-0.39, 0.29) is 6.61 Å². The van der Waals surface area contributed by atoms with Gasteiger partial charge in [-0.15, -0.1) is 0 Å². The Morgan fingerprint density at radius 1 is 1.23 bits per heavy atom. The molecule has 0 bridgehead atoms. The minimum atomic E-state index is -0.830. The Bertz CT molecular complexity index is 756. The van der Waals surface area contributed by atoms with Crippen LogP contribution in [-0.4, -0.2) is 45.3 Å². The van der Waals surface area contributed by atoms with E-state index in [1.807, 2.05) is 38.1 Å². The molecule has 3 rings (SSSR count). The van der Waals surface area contributed by atoms with Gasteiger partial charge in [0.1, 0.15) is 18.2 Å². The molecule has 1 aliphatic heterocycles. The zero-order valence-electron chi connectivity index (χ0n) is 15.4. The van der Waals surface area contributed by atoms with Crippen molar-refractivity contribution in [2.75, 3.05) is 19.7 Å². The zero-order chi connectivity index (χ0) is 18.6. The second-order valence-corrected chi connectivity index (χ2v) is 7.58. The number of rotatable bonds is 5. The second kappa shape index (κ2) is 8.33. The van der Waals surface area contributed by atoms with Gasteiger partial charge < -0.3 is 9.84 Å². The maximum atomic E-state index is 11.0. The van der Waals surface area contributed by atoms with Crippen LogP contribution < -0.4 is 4.74 Å². The van der Waals surface area contributed by atoms with Gasteiger partial charge in [-0.25, -0.2) is 9.97 Å². The van der Waals surface area contributed by atoms with Crippen molar-refractivity contribution in [2.45, 2.75) is 45.3 Å². The summed E-state index contributed by atoms with van der Waals surface area (Å²) < 4.78 is 5.86. The molecule has 2 heterocycles.